The van der Waals surface area contributed by atoms with Crippen molar-refractivity contribution in [3.05, 3.63) is 34.9 Å². The molecule has 86 valence electrons. The molecule has 1 aromatic rings. The number of carbonyl (C=O) groups is 1. The average molecular weight is 219 g/mol. The Hall–Kier alpha value is -1.35. The van der Waals surface area contributed by atoms with Crippen molar-refractivity contribution in [2.45, 2.75) is 32.2 Å². The summed E-state index contributed by atoms with van der Waals surface area (Å²) >= 11 is 0. The van der Waals surface area contributed by atoms with Crippen LogP contribution in [0.1, 0.15) is 23.6 Å². The Morgan fingerprint density at radius 3 is 2.94 bits per heavy atom. The van der Waals surface area contributed by atoms with Crippen molar-refractivity contribution in [1.82, 2.24) is 0 Å². The standard InChI is InChI=1S/C13H17NO2/c1-2-16-13(15)6-9-3-4-10-7-12(14)8-11(10)5-9/h3-5,12H,2,6-8,14H2,1H3. The van der Waals surface area contributed by atoms with Crippen LogP contribution in [0.5, 0.6) is 0 Å². The molecular formula is C13H17NO2. The molecule has 2 N–H and O–H groups in total. The second-order valence-electron chi connectivity index (χ2n) is 4.25. The number of benzene rings is 1. The van der Waals surface area contributed by atoms with Crippen LogP contribution in [0, 0.1) is 0 Å². The third kappa shape index (κ3) is 2.42. The van der Waals surface area contributed by atoms with Crippen LogP contribution >= 0.6 is 0 Å². The summed E-state index contributed by atoms with van der Waals surface area (Å²) in [5, 5.41) is 0. The maximum atomic E-state index is 11.3. The van der Waals surface area contributed by atoms with Gasteiger partial charge in [-0.25, -0.2) is 0 Å². The predicted octanol–water partition coefficient (Wildman–Crippen LogP) is 1.22. The molecule has 0 aromatic heterocycles. The van der Waals surface area contributed by atoms with Gasteiger partial charge in [0, 0.05) is 6.04 Å². The molecule has 1 aliphatic rings. The molecule has 0 aliphatic heterocycles. The number of ether oxygens (including phenoxy) is 1. The van der Waals surface area contributed by atoms with Crippen LogP contribution in [0.15, 0.2) is 18.2 Å². The first-order chi connectivity index (χ1) is 7.69. The number of carbonyl (C=O) groups excluding carboxylic acids is 1. The van der Waals surface area contributed by atoms with Gasteiger partial charge in [-0.1, -0.05) is 18.2 Å². The normalized spacial score (nSPS) is 18.2. The average Bonchev–Trinajstić information content (AvgIpc) is 2.57. The summed E-state index contributed by atoms with van der Waals surface area (Å²) in [7, 11) is 0. The maximum absolute atomic E-state index is 11.3. The lowest BCUT2D eigenvalue weighted by molar-refractivity contribution is -0.142. The summed E-state index contributed by atoms with van der Waals surface area (Å²) in [5.41, 5.74) is 9.52. The minimum absolute atomic E-state index is 0.162. The van der Waals surface area contributed by atoms with Gasteiger partial charge in [-0.2, -0.15) is 0 Å². The number of esters is 1. The maximum Gasteiger partial charge on any atom is 0.310 e. The van der Waals surface area contributed by atoms with Crippen LogP contribution in [0.25, 0.3) is 0 Å². The van der Waals surface area contributed by atoms with Crippen LogP contribution in [0.2, 0.25) is 0 Å². The van der Waals surface area contributed by atoms with Crippen LogP contribution in [0.3, 0.4) is 0 Å². The van der Waals surface area contributed by atoms with E-state index in [2.05, 4.69) is 12.1 Å². The number of rotatable bonds is 3. The van der Waals surface area contributed by atoms with Crippen molar-refractivity contribution >= 4 is 5.97 Å². The lowest BCUT2D eigenvalue weighted by Gasteiger charge is -2.04. The monoisotopic (exact) mass is 219 g/mol. The highest BCUT2D eigenvalue weighted by Gasteiger charge is 2.18. The number of hydrogen-bond acceptors (Lipinski definition) is 3. The lowest BCUT2D eigenvalue weighted by Crippen LogP contribution is -2.19. The minimum atomic E-state index is -0.162. The van der Waals surface area contributed by atoms with Crippen LogP contribution in [-0.2, 0) is 28.8 Å². The molecule has 0 amide bonds. The molecule has 1 unspecified atom stereocenters. The van der Waals surface area contributed by atoms with Crippen LogP contribution < -0.4 is 5.73 Å². The largest absolute Gasteiger partial charge is 0.466 e. The Bertz CT molecular complexity index is 401. The van der Waals surface area contributed by atoms with Gasteiger partial charge in [0.05, 0.1) is 13.0 Å². The zero-order chi connectivity index (χ0) is 11.5. The third-order valence-corrected chi connectivity index (χ3v) is 2.89. The Kier molecular flexibility index (Phi) is 3.25. The van der Waals surface area contributed by atoms with Crippen LogP contribution in [-0.4, -0.2) is 18.6 Å². The summed E-state index contributed by atoms with van der Waals surface area (Å²) in [4.78, 5) is 11.3. The quantitative estimate of drug-likeness (QED) is 0.778. The van der Waals surface area contributed by atoms with Gasteiger partial charge >= 0.3 is 5.97 Å². The topological polar surface area (TPSA) is 52.3 Å². The fraction of sp³-hybridized carbons (Fsp3) is 0.462. The highest BCUT2D eigenvalue weighted by Crippen LogP contribution is 2.22. The first-order valence-corrected chi connectivity index (χ1v) is 5.71. The highest BCUT2D eigenvalue weighted by atomic mass is 16.5. The molecule has 0 heterocycles. The van der Waals surface area contributed by atoms with E-state index in [1.54, 1.807) is 0 Å². The van der Waals surface area contributed by atoms with E-state index in [0.29, 0.717) is 13.0 Å². The van der Waals surface area contributed by atoms with Crippen molar-refractivity contribution in [1.29, 1.82) is 0 Å². The molecule has 0 saturated carbocycles. The summed E-state index contributed by atoms with van der Waals surface area (Å²) < 4.78 is 4.92. The Morgan fingerprint density at radius 2 is 2.19 bits per heavy atom. The van der Waals surface area contributed by atoms with Crippen molar-refractivity contribution in [2.24, 2.45) is 5.73 Å². The second-order valence-corrected chi connectivity index (χ2v) is 4.25. The molecule has 1 aromatic carbocycles. The van der Waals surface area contributed by atoms with Gasteiger partial charge in [0.2, 0.25) is 0 Å². The lowest BCUT2D eigenvalue weighted by atomic mass is 10.0. The van der Waals surface area contributed by atoms with E-state index in [1.165, 1.54) is 11.1 Å². The Labute approximate surface area is 95.6 Å². The van der Waals surface area contributed by atoms with E-state index < -0.39 is 0 Å². The van der Waals surface area contributed by atoms with Gasteiger partial charge in [0.15, 0.2) is 0 Å². The SMILES string of the molecule is CCOC(=O)Cc1ccc2c(c1)CC(N)C2. The number of fused-ring (bicyclic) bond motifs is 1. The molecule has 0 radical (unpaired) electrons. The molecule has 0 fully saturated rings. The molecule has 2 rings (SSSR count). The highest BCUT2D eigenvalue weighted by molar-refractivity contribution is 5.72. The van der Waals surface area contributed by atoms with Gasteiger partial charge in [-0.3, -0.25) is 4.79 Å². The minimum Gasteiger partial charge on any atom is -0.466 e. The summed E-state index contributed by atoms with van der Waals surface area (Å²) in [6.07, 6.45) is 2.23. The van der Waals surface area contributed by atoms with Gasteiger partial charge in [-0.15, -0.1) is 0 Å². The predicted molar refractivity (Wildman–Crippen MR) is 62.2 cm³/mol. The molecule has 0 spiro atoms. The molecule has 1 atom stereocenters. The molecule has 0 saturated heterocycles. The first-order valence-electron chi connectivity index (χ1n) is 5.71. The zero-order valence-corrected chi connectivity index (χ0v) is 9.53. The first kappa shape index (κ1) is 11.1. The van der Waals surface area contributed by atoms with E-state index >= 15 is 0 Å². The fourth-order valence-corrected chi connectivity index (χ4v) is 2.19. The third-order valence-electron chi connectivity index (χ3n) is 2.89. The molecular weight excluding hydrogens is 202 g/mol. The molecule has 1 aliphatic carbocycles. The van der Waals surface area contributed by atoms with E-state index in [4.69, 9.17) is 10.5 Å². The molecule has 16 heavy (non-hydrogen) atoms. The van der Waals surface area contributed by atoms with Crippen molar-refractivity contribution in [3.63, 3.8) is 0 Å². The Morgan fingerprint density at radius 1 is 1.44 bits per heavy atom. The summed E-state index contributed by atoms with van der Waals surface area (Å²) in [6.45, 7) is 2.26. The number of nitrogens with two attached hydrogens (primary N) is 1. The zero-order valence-electron chi connectivity index (χ0n) is 9.53. The molecule has 3 nitrogen and oxygen atoms in total. The van der Waals surface area contributed by atoms with Crippen molar-refractivity contribution in [3.8, 4) is 0 Å². The van der Waals surface area contributed by atoms with Crippen molar-refractivity contribution in [2.75, 3.05) is 6.61 Å². The smallest absolute Gasteiger partial charge is 0.310 e. The molecule has 0 bridgehead atoms. The second kappa shape index (κ2) is 4.66. The fourth-order valence-electron chi connectivity index (χ4n) is 2.19. The number of hydrogen-bond donors (Lipinski definition) is 1. The molecule has 3 heteroatoms. The summed E-state index contributed by atoms with van der Waals surface area (Å²) in [6, 6.07) is 6.40. The van der Waals surface area contributed by atoms with Gasteiger partial charge in [0.1, 0.15) is 0 Å². The van der Waals surface area contributed by atoms with Crippen LogP contribution in [0.4, 0.5) is 0 Å². The van der Waals surface area contributed by atoms with E-state index in [-0.39, 0.29) is 12.0 Å². The summed E-state index contributed by atoms with van der Waals surface area (Å²) in [5.74, 6) is -0.162. The van der Waals surface area contributed by atoms with E-state index in [9.17, 15) is 4.79 Å². The van der Waals surface area contributed by atoms with Gasteiger partial charge in [0.25, 0.3) is 0 Å². The van der Waals surface area contributed by atoms with Gasteiger partial charge in [-0.05, 0) is 36.5 Å². The van der Waals surface area contributed by atoms with Gasteiger partial charge < -0.3 is 10.5 Å². The van der Waals surface area contributed by atoms with Crippen molar-refractivity contribution < 1.29 is 9.53 Å². The van der Waals surface area contributed by atoms with E-state index in [1.807, 2.05) is 13.0 Å². The van der Waals surface area contributed by atoms with E-state index in [0.717, 1.165) is 18.4 Å². The Balaban J connectivity index is 2.08.